The fraction of sp³-hybridized carbons (Fsp3) is 0.462. The molecule has 0 heterocycles. The van der Waals surface area contributed by atoms with Crippen molar-refractivity contribution >= 4 is 5.97 Å². The van der Waals surface area contributed by atoms with Crippen LogP contribution < -0.4 is 10.1 Å². The Balaban J connectivity index is 2.61. The van der Waals surface area contributed by atoms with E-state index in [1.165, 1.54) is 0 Å². The van der Waals surface area contributed by atoms with Gasteiger partial charge in [-0.3, -0.25) is 4.79 Å². The first kappa shape index (κ1) is 13.5. The average Bonchev–Trinajstić information content (AvgIpc) is 2.29. The van der Waals surface area contributed by atoms with Gasteiger partial charge in [0.15, 0.2) is 0 Å². The van der Waals surface area contributed by atoms with Gasteiger partial charge in [-0.05, 0) is 30.7 Å². The van der Waals surface area contributed by atoms with E-state index in [0.29, 0.717) is 6.42 Å². The van der Waals surface area contributed by atoms with Crippen LogP contribution in [-0.4, -0.2) is 30.8 Å². The predicted octanol–water partition coefficient (Wildman–Crippen LogP) is 1.69. The minimum atomic E-state index is -0.774. The molecule has 4 nitrogen and oxygen atoms in total. The van der Waals surface area contributed by atoms with Crippen molar-refractivity contribution in [3.8, 4) is 5.75 Å². The van der Waals surface area contributed by atoms with Crippen LogP contribution >= 0.6 is 0 Å². The summed E-state index contributed by atoms with van der Waals surface area (Å²) in [5, 5.41) is 12.0. The first-order valence-electron chi connectivity index (χ1n) is 5.73. The molecule has 94 valence electrons. The summed E-state index contributed by atoms with van der Waals surface area (Å²) in [5.74, 6) is 0.0384. The van der Waals surface area contributed by atoms with Crippen LogP contribution in [0.1, 0.15) is 18.9 Å². The molecule has 0 saturated carbocycles. The summed E-state index contributed by atoms with van der Waals surface area (Å²) in [6, 6.07) is 7.68. The van der Waals surface area contributed by atoms with E-state index in [1.807, 2.05) is 31.2 Å². The third-order valence-electron chi connectivity index (χ3n) is 2.55. The average molecular weight is 237 g/mol. The summed E-state index contributed by atoms with van der Waals surface area (Å²) in [5.41, 5.74) is 1.11. The molecule has 1 unspecified atom stereocenters. The molecule has 1 rings (SSSR count). The number of methoxy groups -OCH3 is 1. The molecular weight excluding hydrogens is 218 g/mol. The molecule has 4 heteroatoms. The van der Waals surface area contributed by atoms with Crippen molar-refractivity contribution < 1.29 is 14.6 Å². The van der Waals surface area contributed by atoms with Gasteiger partial charge in [0.2, 0.25) is 0 Å². The molecule has 2 N–H and O–H groups in total. The number of carbonyl (C=O) groups is 1. The van der Waals surface area contributed by atoms with Gasteiger partial charge in [-0.15, -0.1) is 0 Å². The summed E-state index contributed by atoms with van der Waals surface area (Å²) >= 11 is 0. The lowest BCUT2D eigenvalue weighted by molar-refractivity contribution is -0.137. The van der Waals surface area contributed by atoms with E-state index in [1.54, 1.807) is 7.11 Å². The van der Waals surface area contributed by atoms with E-state index in [9.17, 15) is 4.79 Å². The second-order valence-corrected chi connectivity index (χ2v) is 3.90. The number of ether oxygens (including phenoxy) is 1. The standard InChI is InChI=1S/C13H19NO3/c1-3-14-11(9-13(15)16)8-10-4-6-12(17-2)7-5-10/h4-7,11,14H,3,8-9H2,1-2H3,(H,15,16). The van der Waals surface area contributed by atoms with Crippen LogP contribution in [0.4, 0.5) is 0 Å². The van der Waals surface area contributed by atoms with Crippen LogP contribution in [-0.2, 0) is 11.2 Å². The molecule has 1 aromatic carbocycles. The maximum absolute atomic E-state index is 10.7. The smallest absolute Gasteiger partial charge is 0.304 e. The molecule has 0 bridgehead atoms. The molecule has 0 aliphatic heterocycles. The first-order valence-corrected chi connectivity index (χ1v) is 5.73. The van der Waals surface area contributed by atoms with Crippen molar-refractivity contribution in [1.29, 1.82) is 0 Å². The highest BCUT2D eigenvalue weighted by molar-refractivity contribution is 5.67. The van der Waals surface area contributed by atoms with Crippen LogP contribution in [0.15, 0.2) is 24.3 Å². The number of nitrogens with one attached hydrogen (secondary N) is 1. The van der Waals surface area contributed by atoms with Crippen molar-refractivity contribution in [2.24, 2.45) is 0 Å². The topological polar surface area (TPSA) is 58.6 Å². The second-order valence-electron chi connectivity index (χ2n) is 3.90. The zero-order chi connectivity index (χ0) is 12.7. The van der Waals surface area contributed by atoms with Crippen LogP contribution in [0, 0.1) is 0 Å². The summed E-state index contributed by atoms with van der Waals surface area (Å²) in [6.45, 7) is 2.75. The van der Waals surface area contributed by atoms with Gasteiger partial charge < -0.3 is 15.2 Å². The van der Waals surface area contributed by atoms with Gasteiger partial charge in [0.25, 0.3) is 0 Å². The van der Waals surface area contributed by atoms with Gasteiger partial charge in [-0.25, -0.2) is 0 Å². The van der Waals surface area contributed by atoms with Crippen LogP contribution in [0.3, 0.4) is 0 Å². The number of benzene rings is 1. The summed E-state index contributed by atoms with van der Waals surface area (Å²) in [7, 11) is 1.63. The number of carboxylic acid groups (broad SMARTS) is 1. The van der Waals surface area contributed by atoms with E-state index in [2.05, 4.69) is 5.32 Å². The molecule has 0 aliphatic rings. The Labute approximate surface area is 102 Å². The summed E-state index contributed by atoms with van der Waals surface area (Å²) in [4.78, 5) is 10.7. The van der Waals surface area contributed by atoms with Gasteiger partial charge in [0, 0.05) is 6.04 Å². The Hall–Kier alpha value is -1.55. The molecule has 0 aromatic heterocycles. The number of hydrogen-bond donors (Lipinski definition) is 2. The van der Waals surface area contributed by atoms with E-state index < -0.39 is 5.97 Å². The van der Waals surface area contributed by atoms with E-state index in [-0.39, 0.29) is 12.5 Å². The fourth-order valence-corrected chi connectivity index (χ4v) is 1.76. The Morgan fingerprint density at radius 3 is 2.53 bits per heavy atom. The highest BCUT2D eigenvalue weighted by atomic mass is 16.5. The highest BCUT2D eigenvalue weighted by Crippen LogP contribution is 2.13. The lowest BCUT2D eigenvalue weighted by Crippen LogP contribution is -2.33. The Bertz CT molecular complexity index is 348. The predicted molar refractivity (Wildman–Crippen MR) is 66.4 cm³/mol. The Morgan fingerprint density at radius 1 is 1.41 bits per heavy atom. The molecule has 0 radical (unpaired) electrons. The second kappa shape index (κ2) is 6.91. The van der Waals surface area contributed by atoms with Crippen LogP contribution in [0.5, 0.6) is 5.75 Å². The number of carboxylic acids is 1. The fourth-order valence-electron chi connectivity index (χ4n) is 1.76. The molecular formula is C13H19NO3. The van der Waals surface area contributed by atoms with Crippen molar-refractivity contribution in [2.75, 3.05) is 13.7 Å². The summed E-state index contributed by atoms with van der Waals surface area (Å²) < 4.78 is 5.08. The minimum absolute atomic E-state index is 0.0223. The van der Waals surface area contributed by atoms with E-state index >= 15 is 0 Å². The van der Waals surface area contributed by atoms with Crippen LogP contribution in [0.2, 0.25) is 0 Å². The molecule has 1 aromatic rings. The van der Waals surface area contributed by atoms with Gasteiger partial charge >= 0.3 is 5.97 Å². The zero-order valence-electron chi connectivity index (χ0n) is 10.3. The van der Waals surface area contributed by atoms with Gasteiger partial charge in [-0.1, -0.05) is 19.1 Å². The van der Waals surface area contributed by atoms with E-state index in [4.69, 9.17) is 9.84 Å². The lowest BCUT2D eigenvalue weighted by atomic mass is 10.0. The zero-order valence-corrected chi connectivity index (χ0v) is 10.3. The molecule has 0 aliphatic carbocycles. The SMILES string of the molecule is CCNC(CC(=O)O)Cc1ccc(OC)cc1. The maximum atomic E-state index is 10.7. The quantitative estimate of drug-likeness (QED) is 0.757. The number of aliphatic carboxylic acids is 1. The van der Waals surface area contributed by atoms with E-state index in [0.717, 1.165) is 17.9 Å². The molecule has 1 atom stereocenters. The van der Waals surface area contributed by atoms with Gasteiger partial charge in [0.05, 0.1) is 13.5 Å². The van der Waals surface area contributed by atoms with Crippen molar-refractivity contribution in [2.45, 2.75) is 25.8 Å². The molecule has 0 spiro atoms. The highest BCUT2D eigenvalue weighted by Gasteiger charge is 2.12. The molecule has 0 fully saturated rings. The Morgan fingerprint density at radius 2 is 2.06 bits per heavy atom. The minimum Gasteiger partial charge on any atom is -0.497 e. The van der Waals surface area contributed by atoms with Crippen LogP contribution in [0.25, 0.3) is 0 Å². The number of rotatable bonds is 7. The van der Waals surface area contributed by atoms with Gasteiger partial charge in [-0.2, -0.15) is 0 Å². The molecule has 0 saturated heterocycles. The van der Waals surface area contributed by atoms with Crippen molar-refractivity contribution in [3.05, 3.63) is 29.8 Å². The Kier molecular flexibility index (Phi) is 5.49. The first-order chi connectivity index (χ1) is 8.15. The lowest BCUT2D eigenvalue weighted by Gasteiger charge is -2.15. The maximum Gasteiger partial charge on any atom is 0.304 e. The number of likely N-dealkylation sites (N-methyl/N-ethyl adjacent to an activating group) is 1. The van der Waals surface area contributed by atoms with Gasteiger partial charge in [0.1, 0.15) is 5.75 Å². The monoisotopic (exact) mass is 237 g/mol. The van der Waals surface area contributed by atoms with Crippen molar-refractivity contribution in [1.82, 2.24) is 5.32 Å². The number of hydrogen-bond acceptors (Lipinski definition) is 3. The molecule has 17 heavy (non-hydrogen) atoms. The molecule has 0 amide bonds. The normalized spacial score (nSPS) is 12.1. The summed E-state index contributed by atoms with van der Waals surface area (Å²) in [6.07, 6.45) is 0.851. The largest absolute Gasteiger partial charge is 0.497 e. The third-order valence-corrected chi connectivity index (χ3v) is 2.55. The van der Waals surface area contributed by atoms with Crippen molar-refractivity contribution in [3.63, 3.8) is 0 Å². The third kappa shape index (κ3) is 4.87.